The number of ketones is 1. The molecule has 4 heteroatoms. The van der Waals surface area contributed by atoms with Crippen LogP contribution in [-0.4, -0.2) is 10.8 Å². The van der Waals surface area contributed by atoms with Gasteiger partial charge in [0.1, 0.15) is 4.99 Å². The number of carbonyl (C=O) groups excluding carboxylic acids is 1. The molecule has 0 bridgehead atoms. The first kappa shape index (κ1) is 13.7. The molecule has 1 aromatic heterocycles. The van der Waals surface area contributed by atoms with Gasteiger partial charge in [-0.25, -0.2) is 0 Å². The summed E-state index contributed by atoms with van der Waals surface area (Å²) in [6, 6.07) is 0. The van der Waals surface area contributed by atoms with Crippen LogP contribution in [0, 0.1) is 5.41 Å². The van der Waals surface area contributed by atoms with Crippen molar-refractivity contribution in [2.45, 2.75) is 46.5 Å². The highest BCUT2D eigenvalue weighted by molar-refractivity contribution is 7.81. The summed E-state index contributed by atoms with van der Waals surface area (Å²) in [5.74, 6) is 0.598. The highest BCUT2D eigenvalue weighted by Gasteiger charge is 2.36. The van der Waals surface area contributed by atoms with Crippen molar-refractivity contribution in [3.8, 4) is 0 Å². The van der Waals surface area contributed by atoms with E-state index < -0.39 is 0 Å². The van der Waals surface area contributed by atoms with E-state index in [-0.39, 0.29) is 11.2 Å². The zero-order chi connectivity index (χ0) is 13.7. The third-order valence-corrected chi connectivity index (χ3v) is 5.25. The molecule has 0 aliphatic heterocycles. The van der Waals surface area contributed by atoms with Gasteiger partial charge >= 0.3 is 0 Å². The van der Waals surface area contributed by atoms with Crippen LogP contribution in [0.3, 0.4) is 0 Å². The molecule has 1 aromatic rings. The van der Waals surface area contributed by atoms with Crippen LogP contribution in [0.25, 0.3) is 0 Å². The Balaban J connectivity index is 2.67. The van der Waals surface area contributed by atoms with Gasteiger partial charge in [-0.3, -0.25) is 4.79 Å². The van der Waals surface area contributed by atoms with E-state index in [0.717, 1.165) is 27.3 Å². The van der Waals surface area contributed by atoms with E-state index in [1.807, 2.05) is 0 Å². The molecule has 0 unspecified atom stereocenters. The number of nitrogens with two attached hydrogens (primary N) is 1. The van der Waals surface area contributed by atoms with Crippen molar-refractivity contribution >= 4 is 34.3 Å². The van der Waals surface area contributed by atoms with Crippen LogP contribution in [0.1, 0.15) is 65.7 Å². The van der Waals surface area contributed by atoms with E-state index in [9.17, 15) is 4.79 Å². The Kier molecular flexibility index (Phi) is 3.36. The summed E-state index contributed by atoms with van der Waals surface area (Å²) in [7, 11) is 0. The van der Waals surface area contributed by atoms with E-state index in [4.69, 9.17) is 18.0 Å². The minimum absolute atomic E-state index is 0.0128. The fourth-order valence-corrected chi connectivity index (χ4v) is 4.07. The van der Waals surface area contributed by atoms with Gasteiger partial charge in [0.05, 0.1) is 4.88 Å². The SMILES string of the molecule is CC(C)c1sc(C(N)=S)c2c1C(=O)CC(C)(C)C2. The zero-order valence-electron chi connectivity index (χ0n) is 11.3. The summed E-state index contributed by atoms with van der Waals surface area (Å²) < 4.78 is 0. The fourth-order valence-electron chi connectivity index (χ4n) is 2.63. The molecule has 0 atom stereocenters. The lowest BCUT2D eigenvalue weighted by molar-refractivity contribution is 0.0912. The molecule has 98 valence electrons. The van der Waals surface area contributed by atoms with Gasteiger partial charge in [0.25, 0.3) is 0 Å². The summed E-state index contributed by atoms with van der Waals surface area (Å²) in [5.41, 5.74) is 7.84. The molecule has 1 aliphatic carbocycles. The molecule has 1 heterocycles. The molecule has 0 radical (unpaired) electrons. The zero-order valence-corrected chi connectivity index (χ0v) is 12.9. The minimum atomic E-state index is 0.0128. The summed E-state index contributed by atoms with van der Waals surface area (Å²) in [6.07, 6.45) is 1.51. The number of hydrogen-bond acceptors (Lipinski definition) is 3. The second-order valence-electron chi connectivity index (χ2n) is 6.11. The Hall–Kier alpha value is -0.740. The molecule has 0 aromatic carbocycles. The third-order valence-electron chi connectivity index (χ3n) is 3.36. The Morgan fingerprint density at radius 1 is 1.39 bits per heavy atom. The maximum absolute atomic E-state index is 12.4. The number of thiocarbonyl (C=S) groups is 1. The Labute approximate surface area is 118 Å². The molecule has 0 amide bonds. The molecular formula is C14H19NOS2. The molecule has 2 nitrogen and oxygen atoms in total. The van der Waals surface area contributed by atoms with Crippen LogP contribution >= 0.6 is 23.6 Å². The fraction of sp³-hybridized carbons (Fsp3) is 0.571. The molecule has 1 aliphatic rings. The Morgan fingerprint density at radius 3 is 2.50 bits per heavy atom. The second kappa shape index (κ2) is 4.42. The number of fused-ring (bicyclic) bond motifs is 1. The first-order chi connectivity index (χ1) is 8.23. The quantitative estimate of drug-likeness (QED) is 0.841. The number of hydrogen-bond donors (Lipinski definition) is 1. The first-order valence-corrected chi connectivity index (χ1v) is 7.44. The minimum Gasteiger partial charge on any atom is -0.389 e. The van der Waals surface area contributed by atoms with E-state index in [0.29, 0.717) is 17.3 Å². The predicted octanol–water partition coefficient (Wildman–Crippen LogP) is 3.66. The normalized spacial score (nSPS) is 17.9. The van der Waals surface area contributed by atoms with Crippen molar-refractivity contribution in [2.75, 3.05) is 0 Å². The van der Waals surface area contributed by atoms with E-state index >= 15 is 0 Å². The molecule has 0 spiro atoms. The molecule has 2 rings (SSSR count). The van der Waals surface area contributed by atoms with Gasteiger partial charge in [-0.15, -0.1) is 11.3 Å². The van der Waals surface area contributed by atoms with Gasteiger partial charge in [0.15, 0.2) is 5.78 Å². The van der Waals surface area contributed by atoms with Gasteiger partial charge < -0.3 is 5.73 Å². The summed E-state index contributed by atoms with van der Waals surface area (Å²) in [4.78, 5) is 14.9. The monoisotopic (exact) mass is 281 g/mol. The van der Waals surface area contributed by atoms with Crippen molar-refractivity contribution in [3.05, 3.63) is 20.9 Å². The molecule has 0 fully saturated rings. The highest BCUT2D eigenvalue weighted by Crippen LogP contribution is 2.43. The van der Waals surface area contributed by atoms with Crippen molar-refractivity contribution in [2.24, 2.45) is 11.1 Å². The highest BCUT2D eigenvalue weighted by atomic mass is 32.1. The standard InChI is InChI=1S/C14H19NOS2/c1-7(2)11-10-8(12(18-11)13(15)17)5-14(3,4)6-9(10)16/h7H,5-6H2,1-4H3,(H2,15,17). The van der Waals surface area contributed by atoms with Crippen molar-refractivity contribution in [3.63, 3.8) is 0 Å². The van der Waals surface area contributed by atoms with Crippen LogP contribution in [-0.2, 0) is 6.42 Å². The van der Waals surface area contributed by atoms with Gasteiger partial charge in [-0.1, -0.05) is 39.9 Å². The van der Waals surface area contributed by atoms with Crippen LogP contribution in [0.2, 0.25) is 0 Å². The lowest BCUT2D eigenvalue weighted by Crippen LogP contribution is -2.28. The number of thiophene rings is 1. The van der Waals surface area contributed by atoms with E-state index in [1.165, 1.54) is 0 Å². The number of Topliss-reactive ketones (excluding diaryl/α,β-unsaturated/α-hetero) is 1. The first-order valence-electron chi connectivity index (χ1n) is 6.21. The van der Waals surface area contributed by atoms with Crippen molar-refractivity contribution < 1.29 is 4.79 Å². The molecule has 0 saturated heterocycles. The molecule has 2 N–H and O–H groups in total. The van der Waals surface area contributed by atoms with Crippen LogP contribution < -0.4 is 5.73 Å². The number of rotatable bonds is 2. The van der Waals surface area contributed by atoms with Crippen LogP contribution in [0.4, 0.5) is 0 Å². The molecule has 0 saturated carbocycles. The van der Waals surface area contributed by atoms with E-state index in [2.05, 4.69) is 27.7 Å². The number of carbonyl (C=O) groups is 1. The van der Waals surface area contributed by atoms with Crippen molar-refractivity contribution in [1.29, 1.82) is 0 Å². The topological polar surface area (TPSA) is 43.1 Å². The third kappa shape index (κ3) is 2.24. The molecular weight excluding hydrogens is 262 g/mol. The second-order valence-corrected chi connectivity index (χ2v) is 7.60. The maximum Gasteiger partial charge on any atom is 0.164 e. The van der Waals surface area contributed by atoms with Crippen LogP contribution in [0.15, 0.2) is 0 Å². The lowest BCUT2D eigenvalue weighted by atomic mass is 9.73. The van der Waals surface area contributed by atoms with E-state index in [1.54, 1.807) is 11.3 Å². The van der Waals surface area contributed by atoms with Crippen molar-refractivity contribution in [1.82, 2.24) is 0 Å². The maximum atomic E-state index is 12.4. The predicted molar refractivity (Wildman–Crippen MR) is 80.7 cm³/mol. The summed E-state index contributed by atoms with van der Waals surface area (Å²) in [5, 5.41) is 0. The Bertz CT molecular complexity index is 526. The molecule has 18 heavy (non-hydrogen) atoms. The Morgan fingerprint density at radius 2 is 2.00 bits per heavy atom. The average Bonchev–Trinajstić information content (AvgIpc) is 2.54. The summed E-state index contributed by atoms with van der Waals surface area (Å²) >= 11 is 6.75. The van der Waals surface area contributed by atoms with Crippen LogP contribution in [0.5, 0.6) is 0 Å². The van der Waals surface area contributed by atoms with Gasteiger partial charge in [0.2, 0.25) is 0 Å². The average molecular weight is 281 g/mol. The van der Waals surface area contributed by atoms with Gasteiger partial charge in [-0.2, -0.15) is 0 Å². The van der Waals surface area contributed by atoms with Gasteiger partial charge in [-0.05, 0) is 23.3 Å². The summed E-state index contributed by atoms with van der Waals surface area (Å²) in [6.45, 7) is 8.48. The lowest BCUT2D eigenvalue weighted by Gasteiger charge is -2.29. The van der Waals surface area contributed by atoms with Gasteiger partial charge in [0, 0.05) is 16.9 Å². The smallest absolute Gasteiger partial charge is 0.164 e. The largest absolute Gasteiger partial charge is 0.389 e.